The summed E-state index contributed by atoms with van der Waals surface area (Å²) < 4.78 is 14.6. The highest BCUT2D eigenvalue weighted by Gasteiger charge is 2.40. The summed E-state index contributed by atoms with van der Waals surface area (Å²) >= 11 is 0. The van der Waals surface area contributed by atoms with Crippen molar-refractivity contribution in [3.8, 4) is 5.82 Å². The molecule has 1 fully saturated rings. The van der Waals surface area contributed by atoms with Crippen LogP contribution in [-0.4, -0.2) is 70.9 Å². The van der Waals surface area contributed by atoms with Gasteiger partial charge in [0.05, 0.1) is 18.1 Å². The first-order valence-corrected chi connectivity index (χ1v) is 12.5. The largest absolute Gasteiger partial charge is 0.340 e. The molecule has 4 aromatic heterocycles. The molecular weight excluding hydrogens is 501 g/mol. The van der Waals surface area contributed by atoms with E-state index in [1.165, 1.54) is 17.1 Å². The maximum absolute atomic E-state index is 13.3. The fourth-order valence-corrected chi connectivity index (χ4v) is 4.77. The van der Waals surface area contributed by atoms with Crippen LogP contribution in [0.1, 0.15) is 41.5 Å². The maximum Gasteiger partial charge on any atom is 0.227 e. The van der Waals surface area contributed by atoms with Gasteiger partial charge in [-0.1, -0.05) is 0 Å². The number of carbonyl (C=O) groups is 1. The topological polar surface area (TPSA) is 142 Å². The number of anilines is 3. The molecule has 6 rings (SSSR count). The van der Waals surface area contributed by atoms with E-state index in [4.69, 9.17) is 15.0 Å². The molecule has 0 bridgehead atoms. The fourth-order valence-electron chi connectivity index (χ4n) is 4.77. The smallest absolute Gasteiger partial charge is 0.227 e. The third-order valence-electron chi connectivity index (χ3n) is 6.70. The molecule has 2 aliphatic rings. The Hall–Kier alpha value is -4.81. The summed E-state index contributed by atoms with van der Waals surface area (Å²) in [5.74, 6) is 1.69. The third kappa shape index (κ3) is 4.90. The molecule has 198 valence electrons. The molecule has 39 heavy (non-hydrogen) atoms. The van der Waals surface area contributed by atoms with Crippen molar-refractivity contribution in [2.45, 2.75) is 39.3 Å². The van der Waals surface area contributed by atoms with Gasteiger partial charge in [0.15, 0.2) is 23.1 Å². The van der Waals surface area contributed by atoms with Crippen LogP contribution in [0.25, 0.3) is 5.82 Å². The first-order chi connectivity index (χ1) is 18.8. The number of hydrogen-bond donors (Lipinski definition) is 2. The van der Waals surface area contributed by atoms with Crippen LogP contribution in [0.5, 0.6) is 0 Å². The van der Waals surface area contributed by atoms with E-state index >= 15 is 0 Å². The number of aromatic nitrogens is 7. The van der Waals surface area contributed by atoms with Gasteiger partial charge in [-0.3, -0.25) is 14.9 Å². The molecule has 13 heteroatoms. The number of aliphatic imine (C=N–C) groups is 2. The normalized spacial score (nSPS) is 16.4. The van der Waals surface area contributed by atoms with Gasteiger partial charge in [-0.2, -0.15) is 15.2 Å². The number of halogens is 1. The molecule has 0 saturated carbocycles. The molecule has 0 aromatic carbocycles. The molecule has 0 unspecified atom stereocenters. The lowest BCUT2D eigenvalue weighted by Crippen LogP contribution is -2.42. The number of pyridine rings is 1. The van der Waals surface area contributed by atoms with Gasteiger partial charge in [-0.25, -0.2) is 24.0 Å². The number of nitrogens with zero attached hydrogens (tertiary/aromatic N) is 9. The molecule has 12 nitrogen and oxygen atoms in total. The van der Waals surface area contributed by atoms with Crippen LogP contribution in [0.3, 0.4) is 0 Å². The maximum atomic E-state index is 13.3. The average Bonchev–Trinajstić information content (AvgIpc) is 3.62. The standard InChI is InChI=1S/C26H26FN11O/c1-15-10-20(31-21-11-16(2)35-36-21)32-25(30-15)37-8-6-26(7-9-37)33-17(3)23(34-26)24(39)18-4-5-22(28-12-18)38-14-19(27)13-29-38/h4-5,10-14H,6-9H2,1-3H3,(H2,30,31,32,35,36). The highest BCUT2D eigenvalue weighted by Crippen LogP contribution is 2.34. The molecule has 2 N–H and O–H groups in total. The van der Waals surface area contributed by atoms with Crippen molar-refractivity contribution in [1.82, 2.24) is 34.9 Å². The number of aryl methyl sites for hydroxylation is 2. The molecule has 2 aliphatic heterocycles. The average molecular weight is 528 g/mol. The van der Waals surface area contributed by atoms with Crippen molar-refractivity contribution in [3.05, 3.63) is 65.6 Å². The lowest BCUT2D eigenvalue weighted by atomic mass is 9.98. The molecule has 1 spiro atoms. The lowest BCUT2D eigenvalue weighted by molar-refractivity contribution is 0.106. The van der Waals surface area contributed by atoms with Crippen LogP contribution in [-0.2, 0) is 0 Å². The van der Waals surface area contributed by atoms with E-state index in [0.29, 0.717) is 66.3 Å². The Balaban J connectivity index is 1.15. The van der Waals surface area contributed by atoms with E-state index < -0.39 is 11.5 Å². The molecule has 0 amide bonds. The number of H-pyrrole nitrogens is 1. The number of hydrogen-bond acceptors (Lipinski definition) is 10. The molecule has 0 radical (unpaired) electrons. The van der Waals surface area contributed by atoms with Gasteiger partial charge in [0.2, 0.25) is 11.7 Å². The van der Waals surface area contributed by atoms with E-state index in [-0.39, 0.29) is 5.78 Å². The number of nitrogens with one attached hydrogen (secondary N) is 2. The van der Waals surface area contributed by atoms with E-state index in [1.807, 2.05) is 32.9 Å². The highest BCUT2D eigenvalue weighted by atomic mass is 19.1. The second-order valence-corrected chi connectivity index (χ2v) is 9.72. The minimum absolute atomic E-state index is 0.243. The summed E-state index contributed by atoms with van der Waals surface area (Å²) in [5, 5.41) is 14.2. The highest BCUT2D eigenvalue weighted by molar-refractivity contribution is 6.70. The summed E-state index contributed by atoms with van der Waals surface area (Å²) in [7, 11) is 0. The zero-order valence-electron chi connectivity index (χ0n) is 21.7. The molecule has 0 aliphatic carbocycles. The molecule has 6 heterocycles. The quantitative estimate of drug-likeness (QED) is 0.364. The first kappa shape index (κ1) is 24.5. The summed E-state index contributed by atoms with van der Waals surface area (Å²) in [4.78, 5) is 38.6. The fraction of sp³-hybridized carbons (Fsp3) is 0.308. The predicted octanol–water partition coefficient (Wildman–Crippen LogP) is 3.37. The number of rotatable bonds is 6. The summed E-state index contributed by atoms with van der Waals surface area (Å²) in [6.07, 6.45) is 5.02. The number of ketones is 1. The van der Waals surface area contributed by atoms with Crippen molar-refractivity contribution in [2.24, 2.45) is 9.98 Å². The molecule has 4 aromatic rings. The van der Waals surface area contributed by atoms with E-state index in [1.54, 1.807) is 12.1 Å². The minimum Gasteiger partial charge on any atom is -0.340 e. The molecule has 1 saturated heterocycles. The zero-order chi connectivity index (χ0) is 27.1. The van der Waals surface area contributed by atoms with E-state index in [9.17, 15) is 9.18 Å². The summed E-state index contributed by atoms with van der Waals surface area (Å²) in [6, 6.07) is 7.04. The second kappa shape index (κ2) is 9.49. The van der Waals surface area contributed by atoms with Crippen LogP contribution in [0, 0.1) is 19.7 Å². The Morgan fingerprint density at radius 2 is 1.87 bits per heavy atom. The monoisotopic (exact) mass is 527 g/mol. The van der Waals surface area contributed by atoms with E-state index in [0.717, 1.165) is 17.6 Å². The van der Waals surface area contributed by atoms with Crippen molar-refractivity contribution in [3.63, 3.8) is 0 Å². The number of Topliss-reactive ketones (excluding diaryl/α,β-unsaturated/α-hetero) is 1. The van der Waals surface area contributed by atoms with Crippen LogP contribution in [0.4, 0.5) is 22.0 Å². The number of carbonyl (C=O) groups excluding carboxylic acids is 1. The third-order valence-corrected chi connectivity index (χ3v) is 6.70. The summed E-state index contributed by atoms with van der Waals surface area (Å²) in [6.45, 7) is 6.96. The van der Waals surface area contributed by atoms with Crippen LogP contribution < -0.4 is 10.2 Å². The van der Waals surface area contributed by atoms with Gasteiger partial charge in [0.25, 0.3) is 0 Å². The van der Waals surface area contributed by atoms with Gasteiger partial charge < -0.3 is 10.2 Å². The van der Waals surface area contributed by atoms with E-state index in [2.05, 4.69) is 35.5 Å². The Kier molecular flexibility index (Phi) is 5.97. The number of aromatic amines is 1. The Morgan fingerprint density at radius 1 is 1.05 bits per heavy atom. The predicted molar refractivity (Wildman–Crippen MR) is 144 cm³/mol. The Labute approximate surface area is 223 Å². The van der Waals surface area contributed by atoms with Crippen LogP contribution >= 0.6 is 0 Å². The van der Waals surface area contributed by atoms with Crippen molar-refractivity contribution in [2.75, 3.05) is 23.3 Å². The SMILES string of the molecule is CC1=NC2(CCN(c3nc(C)cc(Nc4cc(C)[nH]n4)n3)CC2)N=C1C(=O)c1ccc(-n2cc(F)cn2)nc1. The van der Waals surface area contributed by atoms with Gasteiger partial charge in [0, 0.05) is 61.2 Å². The molecule has 0 atom stereocenters. The van der Waals surface area contributed by atoms with Crippen molar-refractivity contribution >= 4 is 34.8 Å². The minimum atomic E-state index is -0.678. The number of piperidine rings is 1. The molecular formula is C26H26FN11O. The van der Waals surface area contributed by atoms with Crippen LogP contribution in [0.15, 0.2) is 52.8 Å². The second-order valence-electron chi connectivity index (χ2n) is 9.72. The van der Waals surface area contributed by atoms with Crippen LogP contribution in [0.2, 0.25) is 0 Å². The zero-order valence-corrected chi connectivity index (χ0v) is 21.7. The first-order valence-electron chi connectivity index (χ1n) is 12.5. The Morgan fingerprint density at radius 3 is 2.54 bits per heavy atom. The van der Waals surface area contributed by atoms with Gasteiger partial charge in [0.1, 0.15) is 11.5 Å². The summed E-state index contributed by atoms with van der Waals surface area (Å²) in [5.41, 5.74) is 2.45. The van der Waals surface area contributed by atoms with Crippen molar-refractivity contribution in [1.29, 1.82) is 0 Å². The van der Waals surface area contributed by atoms with Gasteiger partial charge >= 0.3 is 0 Å². The van der Waals surface area contributed by atoms with Gasteiger partial charge in [-0.05, 0) is 32.9 Å². The van der Waals surface area contributed by atoms with Gasteiger partial charge in [-0.15, -0.1) is 0 Å². The Bertz CT molecular complexity index is 1610. The van der Waals surface area contributed by atoms with Crippen molar-refractivity contribution < 1.29 is 9.18 Å². The lowest BCUT2D eigenvalue weighted by Gasteiger charge is -2.35.